The Morgan fingerprint density at radius 2 is 2.35 bits per heavy atom. The molecule has 3 rings (SSSR count). The number of hydrogen-bond donors (Lipinski definition) is 0. The Balaban J connectivity index is 1.89. The Morgan fingerprint density at radius 1 is 1.53 bits per heavy atom. The molecule has 5 heteroatoms. The number of rotatable bonds is 1. The summed E-state index contributed by atoms with van der Waals surface area (Å²) in [7, 11) is 0. The van der Waals surface area contributed by atoms with Crippen molar-refractivity contribution in [3.05, 3.63) is 22.7 Å². The Hall–Kier alpha value is -1.16. The van der Waals surface area contributed by atoms with Crippen LogP contribution >= 0.6 is 11.6 Å². The molecule has 1 saturated carbocycles. The average Bonchev–Trinajstić information content (AvgIpc) is 2.93. The highest BCUT2D eigenvalue weighted by molar-refractivity contribution is 6.33. The van der Waals surface area contributed by atoms with Gasteiger partial charge in [0.1, 0.15) is 5.82 Å². The number of likely N-dealkylation sites (tertiary alicyclic amines) is 1. The van der Waals surface area contributed by atoms with Crippen molar-refractivity contribution in [2.24, 2.45) is 5.92 Å². The molecule has 1 aromatic heterocycles. The van der Waals surface area contributed by atoms with Crippen LogP contribution in [0.4, 0.5) is 0 Å². The van der Waals surface area contributed by atoms with Gasteiger partial charge >= 0.3 is 0 Å². The molecule has 4 nitrogen and oxygen atoms in total. The van der Waals surface area contributed by atoms with E-state index in [0.717, 1.165) is 19.4 Å². The molecule has 1 aromatic rings. The van der Waals surface area contributed by atoms with Gasteiger partial charge in [0, 0.05) is 12.6 Å². The van der Waals surface area contributed by atoms with E-state index in [4.69, 9.17) is 11.6 Å². The van der Waals surface area contributed by atoms with Crippen LogP contribution in [0.5, 0.6) is 0 Å². The second-order valence-electron chi connectivity index (χ2n) is 4.90. The summed E-state index contributed by atoms with van der Waals surface area (Å²) in [5.41, 5.74) is 0.353. The number of fused-ring (bicyclic) bond motifs is 2. The molecule has 2 heterocycles. The molecule has 0 spiro atoms. The van der Waals surface area contributed by atoms with Crippen molar-refractivity contribution in [2.45, 2.75) is 32.2 Å². The first kappa shape index (κ1) is 11.0. The molecule has 0 N–H and O–H groups in total. The molecule has 1 saturated heterocycles. The molecular weight excluding hydrogens is 238 g/mol. The number of piperidine rings is 1. The molecule has 17 heavy (non-hydrogen) atoms. The Labute approximate surface area is 105 Å². The monoisotopic (exact) mass is 251 g/mol. The van der Waals surface area contributed by atoms with Gasteiger partial charge in [-0.15, -0.1) is 0 Å². The van der Waals surface area contributed by atoms with E-state index in [1.165, 1.54) is 12.6 Å². The van der Waals surface area contributed by atoms with Crippen molar-refractivity contribution in [1.29, 1.82) is 0 Å². The molecule has 2 bridgehead atoms. The van der Waals surface area contributed by atoms with Gasteiger partial charge in [-0.2, -0.15) is 0 Å². The van der Waals surface area contributed by atoms with Gasteiger partial charge in [-0.1, -0.05) is 11.6 Å². The zero-order valence-corrected chi connectivity index (χ0v) is 10.4. The van der Waals surface area contributed by atoms with E-state index >= 15 is 0 Å². The normalized spacial score (nSPS) is 26.6. The van der Waals surface area contributed by atoms with Crippen molar-refractivity contribution in [1.82, 2.24) is 14.9 Å². The van der Waals surface area contributed by atoms with Crippen molar-refractivity contribution < 1.29 is 4.79 Å². The fraction of sp³-hybridized carbons (Fsp3) is 0.583. The van der Waals surface area contributed by atoms with Crippen LogP contribution in [0.25, 0.3) is 0 Å². The summed E-state index contributed by atoms with van der Waals surface area (Å²) in [6.07, 6.45) is 5.03. The minimum Gasteiger partial charge on any atom is -0.334 e. The highest BCUT2D eigenvalue weighted by atomic mass is 35.5. The fourth-order valence-electron chi connectivity index (χ4n) is 2.91. The SMILES string of the molecule is Cc1ncc(Cl)c(C(=O)N2CC3CCC2C3)n1. The van der Waals surface area contributed by atoms with E-state index in [1.54, 1.807) is 6.92 Å². The number of carbonyl (C=O) groups is 1. The van der Waals surface area contributed by atoms with Crippen LogP contribution in [-0.2, 0) is 0 Å². The number of nitrogens with zero attached hydrogens (tertiary/aromatic N) is 3. The van der Waals surface area contributed by atoms with E-state index in [1.807, 2.05) is 4.90 Å². The van der Waals surface area contributed by atoms with Crippen LogP contribution < -0.4 is 0 Å². The highest BCUT2D eigenvalue weighted by Gasteiger charge is 2.41. The first-order valence-corrected chi connectivity index (χ1v) is 6.33. The van der Waals surface area contributed by atoms with E-state index in [-0.39, 0.29) is 5.91 Å². The Bertz CT molecular complexity index is 477. The molecular formula is C12H14ClN3O. The predicted molar refractivity (Wildman–Crippen MR) is 63.9 cm³/mol. The molecule has 0 aromatic carbocycles. The summed E-state index contributed by atoms with van der Waals surface area (Å²) in [6.45, 7) is 2.63. The number of carbonyl (C=O) groups excluding carboxylic acids is 1. The molecule has 1 aliphatic heterocycles. The number of aromatic nitrogens is 2. The molecule has 2 unspecified atom stereocenters. The summed E-state index contributed by atoms with van der Waals surface area (Å²) >= 11 is 6.00. The number of aryl methyl sites for hydroxylation is 1. The first-order valence-electron chi connectivity index (χ1n) is 5.95. The summed E-state index contributed by atoms with van der Waals surface area (Å²) < 4.78 is 0. The van der Waals surface area contributed by atoms with Crippen LogP contribution in [0.15, 0.2) is 6.20 Å². The smallest absolute Gasteiger partial charge is 0.274 e. The van der Waals surface area contributed by atoms with E-state index < -0.39 is 0 Å². The van der Waals surface area contributed by atoms with Gasteiger partial charge in [-0.05, 0) is 32.1 Å². The van der Waals surface area contributed by atoms with Gasteiger partial charge in [0.25, 0.3) is 5.91 Å². The maximum absolute atomic E-state index is 12.4. The van der Waals surface area contributed by atoms with Gasteiger partial charge in [-0.3, -0.25) is 4.79 Å². The molecule has 90 valence electrons. The maximum Gasteiger partial charge on any atom is 0.274 e. The maximum atomic E-state index is 12.4. The zero-order valence-electron chi connectivity index (χ0n) is 9.69. The van der Waals surface area contributed by atoms with Crippen molar-refractivity contribution in [2.75, 3.05) is 6.54 Å². The molecule has 2 atom stereocenters. The van der Waals surface area contributed by atoms with E-state index in [9.17, 15) is 4.79 Å². The van der Waals surface area contributed by atoms with Crippen LogP contribution in [-0.4, -0.2) is 33.4 Å². The third-order valence-electron chi connectivity index (χ3n) is 3.74. The molecule has 2 fully saturated rings. The van der Waals surface area contributed by atoms with Gasteiger partial charge in [0.2, 0.25) is 0 Å². The predicted octanol–water partition coefficient (Wildman–Crippen LogP) is 2.06. The molecule has 1 aliphatic carbocycles. The molecule has 2 aliphatic rings. The standard InChI is InChI=1S/C12H14ClN3O/c1-7-14-5-10(13)11(15-7)12(17)16-6-8-2-3-9(16)4-8/h5,8-9H,2-4,6H2,1H3. The first-order chi connectivity index (χ1) is 8.15. The second kappa shape index (κ2) is 3.95. The van der Waals surface area contributed by atoms with E-state index in [0.29, 0.717) is 28.5 Å². The lowest BCUT2D eigenvalue weighted by atomic mass is 10.1. The van der Waals surface area contributed by atoms with Gasteiger partial charge in [-0.25, -0.2) is 9.97 Å². The summed E-state index contributed by atoms with van der Waals surface area (Å²) in [5, 5.41) is 0.350. The lowest BCUT2D eigenvalue weighted by molar-refractivity contribution is 0.0697. The Kier molecular flexibility index (Phi) is 2.54. The van der Waals surface area contributed by atoms with Crippen LogP contribution in [0.2, 0.25) is 5.02 Å². The summed E-state index contributed by atoms with van der Waals surface area (Å²) in [5.74, 6) is 1.24. The van der Waals surface area contributed by atoms with Gasteiger partial charge in [0.05, 0.1) is 11.2 Å². The summed E-state index contributed by atoms with van der Waals surface area (Å²) in [6, 6.07) is 0.402. The minimum atomic E-state index is -0.0345. The molecule has 0 radical (unpaired) electrons. The summed E-state index contributed by atoms with van der Waals surface area (Å²) in [4.78, 5) is 22.4. The lowest BCUT2D eigenvalue weighted by Gasteiger charge is -2.26. The Morgan fingerprint density at radius 3 is 3.00 bits per heavy atom. The van der Waals surface area contributed by atoms with Crippen molar-refractivity contribution >= 4 is 17.5 Å². The fourth-order valence-corrected chi connectivity index (χ4v) is 3.09. The zero-order chi connectivity index (χ0) is 12.0. The van der Waals surface area contributed by atoms with Gasteiger partial charge < -0.3 is 4.90 Å². The minimum absolute atomic E-state index is 0.0345. The quantitative estimate of drug-likeness (QED) is 0.768. The second-order valence-corrected chi connectivity index (χ2v) is 5.31. The molecule has 1 amide bonds. The largest absolute Gasteiger partial charge is 0.334 e. The average molecular weight is 252 g/mol. The van der Waals surface area contributed by atoms with Crippen LogP contribution in [0, 0.1) is 12.8 Å². The lowest BCUT2D eigenvalue weighted by Crippen LogP contribution is -2.38. The van der Waals surface area contributed by atoms with Crippen molar-refractivity contribution in [3.63, 3.8) is 0 Å². The highest BCUT2D eigenvalue weighted by Crippen LogP contribution is 2.38. The number of halogens is 1. The van der Waals surface area contributed by atoms with Crippen LogP contribution in [0.1, 0.15) is 35.6 Å². The van der Waals surface area contributed by atoms with E-state index in [2.05, 4.69) is 9.97 Å². The number of hydrogen-bond acceptors (Lipinski definition) is 3. The van der Waals surface area contributed by atoms with Crippen LogP contribution in [0.3, 0.4) is 0 Å². The number of amides is 1. The van der Waals surface area contributed by atoms with Crippen molar-refractivity contribution in [3.8, 4) is 0 Å². The third-order valence-corrected chi connectivity index (χ3v) is 4.01. The topological polar surface area (TPSA) is 46.1 Å². The third kappa shape index (κ3) is 1.80. The van der Waals surface area contributed by atoms with Gasteiger partial charge in [0.15, 0.2) is 5.69 Å².